The Kier molecular flexibility index (Phi) is 12.8. The Labute approximate surface area is 99.3 Å². The van der Waals surface area contributed by atoms with Crippen LogP contribution in [0.3, 0.4) is 0 Å². The summed E-state index contributed by atoms with van der Waals surface area (Å²) in [4.78, 5) is 0. The van der Waals surface area contributed by atoms with Gasteiger partial charge in [0.15, 0.2) is 0 Å². The fraction of sp³-hybridized carbons (Fsp3) is 1.00. The van der Waals surface area contributed by atoms with E-state index in [9.17, 15) is 5.11 Å². The van der Waals surface area contributed by atoms with Crippen LogP contribution in [0.2, 0.25) is 0 Å². The molecule has 0 aliphatic heterocycles. The zero-order valence-electron chi connectivity index (χ0n) is 10.7. The van der Waals surface area contributed by atoms with Crippen LogP contribution in [-0.2, 0) is 9.47 Å². The molecule has 2 N–H and O–H groups in total. The van der Waals surface area contributed by atoms with Gasteiger partial charge in [0.1, 0.15) is 6.23 Å². The van der Waals surface area contributed by atoms with Gasteiger partial charge in [-0.15, -0.1) is 0 Å². The average Bonchev–Trinajstić information content (AvgIpc) is 2.31. The Balaban J connectivity index is 2.93. The second kappa shape index (κ2) is 12.9. The quantitative estimate of drug-likeness (QED) is 0.396. The standard InChI is InChI=1S/C12H27NO3/c1-13-12(14)8-6-4-3-5-7-9-16-11-10-15-2/h12-14H,3-11H2,1-2H3. The Hall–Kier alpha value is -0.160. The van der Waals surface area contributed by atoms with E-state index in [4.69, 9.17) is 9.47 Å². The molecule has 4 nitrogen and oxygen atoms in total. The number of methoxy groups -OCH3 is 1. The number of hydrogen-bond donors (Lipinski definition) is 2. The highest BCUT2D eigenvalue weighted by molar-refractivity contribution is 4.50. The first-order chi connectivity index (χ1) is 7.81. The van der Waals surface area contributed by atoms with Crippen LogP contribution in [0.5, 0.6) is 0 Å². The van der Waals surface area contributed by atoms with Gasteiger partial charge >= 0.3 is 0 Å². The van der Waals surface area contributed by atoms with E-state index in [0.717, 1.165) is 25.9 Å². The van der Waals surface area contributed by atoms with E-state index >= 15 is 0 Å². The van der Waals surface area contributed by atoms with Crippen molar-refractivity contribution >= 4 is 0 Å². The van der Waals surface area contributed by atoms with Crippen molar-refractivity contribution in [3.8, 4) is 0 Å². The lowest BCUT2D eigenvalue weighted by atomic mass is 10.1. The summed E-state index contributed by atoms with van der Waals surface area (Å²) in [5.41, 5.74) is 0. The maximum atomic E-state index is 9.24. The summed E-state index contributed by atoms with van der Waals surface area (Å²) in [5.74, 6) is 0. The van der Waals surface area contributed by atoms with Crippen LogP contribution in [0.25, 0.3) is 0 Å². The van der Waals surface area contributed by atoms with Crippen molar-refractivity contribution in [1.82, 2.24) is 5.32 Å². The topological polar surface area (TPSA) is 50.7 Å². The molecule has 98 valence electrons. The van der Waals surface area contributed by atoms with E-state index < -0.39 is 0 Å². The Morgan fingerprint density at radius 3 is 2.38 bits per heavy atom. The molecular formula is C12H27NO3. The third-order valence-electron chi connectivity index (χ3n) is 2.53. The van der Waals surface area contributed by atoms with Crippen molar-refractivity contribution in [3.63, 3.8) is 0 Å². The van der Waals surface area contributed by atoms with Crippen LogP contribution in [0.15, 0.2) is 0 Å². The van der Waals surface area contributed by atoms with E-state index in [0.29, 0.717) is 13.2 Å². The molecule has 0 radical (unpaired) electrons. The monoisotopic (exact) mass is 233 g/mol. The number of hydrogen-bond acceptors (Lipinski definition) is 4. The highest BCUT2D eigenvalue weighted by Gasteiger charge is 1.98. The van der Waals surface area contributed by atoms with E-state index in [1.54, 1.807) is 14.2 Å². The average molecular weight is 233 g/mol. The number of nitrogens with one attached hydrogen (secondary N) is 1. The van der Waals surface area contributed by atoms with E-state index in [1.165, 1.54) is 19.3 Å². The zero-order valence-corrected chi connectivity index (χ0v) is 10.7. The SMILES string of the molecule is CNC(O)CCCCCCCOCCOC. The predicted molar refractivity (Wildman–Crippen MR) is 65.5 cm³/mol. The Morgan fingerprint density at radius 1 is 1.00 bits per heavy atom. The molecule has 0 aromatic rings. The third kappa shape index (κ3) is 11.9. The smallest absolute Gasteiger partial charge is 0.104 e. The fourth-order valence-corrected chi connectivity index (χ4v) is 1.46. The molecule has 0 aromatic carbocycles. The Bertz CT molecular complexity index is 133. The van der Waals surface area contributed by atoms with Crippen LogP contribution in [0.1, 0.15) is 38.5 Å². The second-order valence-electron chi connectivity index (χ2n) is 3.97. The summed E-state index contributed by atoms with van der Waals surface area (Å²) in [6.07, 6.45) is 6.35. The van der Waals surface area contributed by atoms with Crippen LogP contribution >= 0.6 is 0 Å². The molecule has 0 aliphatic rings. The normalized spacial score (nSPS) is 12.9. The number of ether oxygens (including phenoxy) is 2. The Morgan fingerprint density at radius 2 is 1.69 bits per heavy atom. The predicted octanol–water partition coefficient (Wildman–Crippen LogP) is 1.53. The van der Waals surface area contributed by atoms with Crippen molar-refractivity contribution in [3.05, 3.63) is 0 Å². The minimum atomic E-state index is -0.336. The van der Waals surface area contributed by atoms with Gasteiger partial charge in [0.2, 0.25) is 0 Å². The molecule has 0 amide bonds. The molecule has 1 atom stereocenters. The molecule has 0 saturated carbocycles. The summed E-state index contributed by atoms with van der Waals surface area (Å²) in [7, 11) is 3.46. The van der Waals surface area contributed by atoms with Gasteiger partial charge in [0.25, 0.3) is 0 Å². The molecule has 0 bridgehead atoms. The van der Waals surface area contributed by atoms with Crippen molar-refractivity contribution < 1.29 is 14.6 Å². The van der Waals surface area contributed by atoms with Crippen LogP contribution in [0.4, 0.5) is 0 Å². The summed E-state index contributed by atoms with van der Waals surface area (Å²) in [6, 6.07) is 0. The molecule has 0 spiro atoms. The number of aliphatic hydroxyl groups excluding tert-OH is 1. The van der Waals surface area contributed by atoms with Gasteiger partial charge in [-0.3, -0.25) is 5.32 Å². The van der Waals surface area contributed by atoms with Gasteiger partial charge in [0.05, 0.1) is 13.2 Å². The van der Waals surface area contributed by atoms with Gasteiger partial charge in [-0.05, 0) is 26.3 Å². The maximum Gasteiger partial charge on any atom is 0.104 e. The first-order valence-corrected chi connectivity index (χ1v) is 6.23. The molecule has 16 heavy (non-hydrogen) atoms. The summed E-state index contributed by atoms with van der Waals surface area (Å²) < 4.78 is 10.2. The first kappa shape index (κ1) is 15.8. The second-order valence-corrected chi connectivity index (χ2v) is 3.97. The number of rotatable bonds is 12. The van der Waals surface area contributed by atoms with Crippen molar-refractivity contribution in [2.75, 3.05) is 34.0 Å². The van der Waals surface area contributed by atoms with E-state index in [1.807, 2.05) is 0 Å². The number of unbranched alkanes of at least 4 members (excludes halogenated alkanes) is 4. The summed E-state index contributed by atoms with van der Waals surface area (Å²) >= 11 is 0. The molecular weight excluding hydrogens is 206 g/mol. The van der Waals surface area contributed by atoms with Crippen molar-refractivity contribution in [2.45, 2.75) is 44.8 Å². The largest absolute Gasteiger partial charge is 0.382 e. The maximum absolute atomic E-state index is 9.24. The van der Waals surface area contributed by atoms with Gasteiger partial charge in [-0.2, -0.15) is 0 Å². The summed E-state index contributed by atoms with van der Waals surface area (Å²) in [6.45, 7) is 2.22. The molecule has 0 saturated heterocycles. The van der Waals surface area contributed by atoms with Gasteiger partial charge in [-0.1, -0.05) is 19.3 Å². The van der Waals surface area contributed by atoms with E-state index in [2.05, 4.69) is 5.32 Å². The molecule has 4 heteroatoms. The molecule has 0 fully saturated rings. The summed E-state index contributed by atoms with van der Waals surface area (Å²) in [5, 5.41) is 12.1. The lowest BCUT2D eigenvalue weighted by Crippen LogP contribution is -2.23. The fourth-order valence-electron chi connectivity index (χ4n) is 1.46. The van der Waals surface area contributed by atoms with Gasteiger partial charge in [-0.25, -0.2) is 0 Å². The highest BCUT2D eigenvalue weighted by atomic mass is 16.5. The molecule has 0 heterocycles. The molecule has 0 aromatic heterocycles. The van der Waals surface area contributed by atoms with Crippen molar-refractivity contribution in [2.24, 2.45) is 0 Å². The molecule has 0 rings (SSSR count). The minimum Gasteiger partial charge on any atom is -0.382 e. The van der Waals surface area contributed by atoms with E-state index in [-0.39, 0.29) is 6.23 Å². The third-order valence-corrected chi connectivity index (χ3v) is 2.53. The first-order valence-electron chi connectivity index (χ1n) is 6.23. The number of aliphatic hydroxyl groups is 1. The van der Waals surface area contributed by atoms with Crippen LogP contribution in [0, 0.1) is 0 Å². The molecule has 0 aliphatic carbocycles. The van der Waals surface area contributed by atoms with Crippen LogP contribution in [-0.4, -0.2) is 45.3 Å². The minimum absolute atomic E-state index is 0.336. The van der Waals surface area contributed by atoms with Gasteiger partial charge in [0, 0.05) is 13.7 Å². The zero-order chi connectivity index (χ0) is 12.1. The highest BCUT2D eigenvalue weighted by Crippen LogP contribution is 2.06. The van der Waals surface area contributed by atoms with Crippen molar-refractivity contribution in [1.29, 1.82) is 0 Å². The lowest BCUT2D eigenvalue weighted by Gasteiger charge is -2.08. The molecule has 1 unspecified atom stereocenters. The van der Waals surface area contributed by atoms with Gasteiger partial charge < -0.3 is 14.6 Å². The lowest BCUT2D eigenvalue weighted by molar-refractivity contribution is 0.0685. The van der Waals surface area contributed by atoms with Crippen LogP contribution < -0.4 is 5.32 Å².